The van der Waals surface area contributed by atoms with Gasteiger partial charge >= 0.3 is 0 Å². The summed E-state index contributed by atoms with van der Waals surface area (Å²) < 4.78 is 1.67. The molecular formula is C19H30N6O6. The number of hydrogen-bond acceptors (Lipinski definition) is 7. The minimum absolute atomic E-state index is 0.0105. The SMILES string of the molecule is Cn1ncnc1CCNC(=O)[C@H]1CC[C@@H](O)[C@H](NC(=O)CN2CCCC2=O)C1.O=CO. The molecule has 4 N–H and O–H groups in total. The number of nitrogens with one attached hydrogen (secondary N) is 2. The largest absolute Gasteiger partial charge is 0.483 e. The van der Waals surface area contributed by atoms with Crippen molar-refractivity contribution in [2.45, 2.75) is 50.7 Å². The molecule has 31 heavy (non-hydrogen) atoms. The number of carboxylic acid groups (broad SMARTS) is 1. The standard InChI is InChI=1S/C18H28N6O4.CH2O2/c1-23-15(20-11-21-23)6-7-19-18(28)12-4-5-14(25)13(9-12)22-16(26)10-24-8-2-3-17(24)27;2-1-3/h11-14,25H,2-10H2,1H3,(H,19,28)(H,22,26);1H,(H,2,3)/t12-,13+,14+;/m0./s1. The van der Waals surface area contributed by atoms with Gasteiger partial charge in [-0.3, -0.25) is 23.9 Å². The lowest BCUT2D eigenvalue weighted by Gasteiger charge is -2.33. The van der Waals surface area contributed by atoms with E-state index in [1.807, 2.05) is 0 Å². The van der Waals surface area contributed by atoms with E-state index in [4.69, 9.17) is 9.90 Å². The third-order valence-electron chi connectivity index (χ3n) is 5.49. The molecule has 3 amide bonds. The van der Waals surface area contributed by atoms with E-state index in [1.165, 1.54) is 11.2 Å². The molecule has 1 aliphatic heterocycles. The highest BCUT2D eigenvalue weighted by molar-refractivity contribution is 5.86. The summed E-state index contributed by atoms with van der Waals surface area (Å²) in [4.78, 5) is 50.4. The number of carbonyl (C=O) groups is 4. The van der Waals surface area contributed by atoms with Gasteiger partial charge in [0.15, 0.2) is 0 Å². The van der Waals surface area contributed by atoms with Crippen molar-refractivity contribution in [3.63, 3.8) is 0 Å². The highest BCUT2D eigenvalue weighted by Crippen LogP contribution is 2.25. The summed E-state index contributed by atoms with van der Waals surface area (Å²) in [7, 11) is 1.80. The maximum atomic E-state index is 12.5. The Balaban J connectivity index is 0.00000107. The van der Waals surface area contributed by atoms with E-state index in [9.17, 15) is 19.5 Å². The second kappa shape index (κ2) is 12.0. The number of hydrogen-bond donors (Lipinski definition) is 4. The molecule has 0 bridgehead atoms. The van der Waals surface area contributed by atoms with Gasteiger partial charge in [0.25, 0.3) is 6.47 Å². The number of aliphatic hydroxyl groups is 1. The summed E-state index contributed by atoms with van der Waals surface area (Å²) in [6.45, 7) is 0.811. The third kappa shape index (κ3) is 7.31. The summed E-state index contributed by atoms with van der Waals surface area (Å²) in [5.74, 6) is 0.146. The van der Waals surface area contributed by atoms with Gasteiger partial charge in [-0.1, -0.05) is 0 Å². The highest BCUT2D eigenvalue weighted by Gasteiger charge is 2.34. The topological polar surface area (TPSA) is 167 Å². The molecule has 2 fully saturated rings. The first kappa shape index (κ1) is 24.3. The van der Waals surface area contributed by atoms with Gasteiger partial charge in [-0.15, -0.1) is 0 Å². The van der Waals surface area contributed by atoms with Gasteiger partial charge in [0.05, 0.1) is 18.7 Å². The number of nitrogens with zero attached hydrogens (tertiary/aromatic N) is 4. The number of aryl methyl sites for hydroxylation is 1. The van der Waals surface area contributed by atoms with Crippen LogP contribution in [0.15, 0.2) is 6.33 Å². The van der Waals surface area contributed by atoms with Gasteiger partial charge in [-0.2, -0.15) is 5.10 Å². The molecule has 3 atom stereocenters. The van der Waals surface area contributed by atoms with E-state index in [2.05, 4.69) is 20.7 Å². The van der Waals surface area contributed by atoms with Crippen LogP contribution in [0.25, 0.3) is 0 Å². The molecule has 12 heteroatoms. The molecule has 1 aliphatic carbocycles. The molecule has 2 heterocycles. The molecular weight excluding hydrogens is 408 g/mol. The first-order valence-corrected chi connectivity index (χ1v) is 10.3. The lowest BCUT2D eigenvalue weighted by Crippen LogP contribution is -2.51. The molecule has 0 aromatic carbocycles. The van der Waals surface area contributed by atoms with Crippen molar-refractivity contribution in [2.75, 3.05) is 19.6 Å². The minimum atomic E-state index is -0.680. The van der Waals surface area contributed by atoms with E-state index in [0.717, 1.165) is 12.2 Å². The van der Waals surface area contributed by atoms with Crippen LogP contribution in [0.4, 0.5) is 0 Å². The van der Waals surface area contributed by atoms with Crippen molar-refractivity contribution < 1.29 is 29.4 Å². The Morgan fingerprint density at radius 1 is 1.35 bits per heavy atom. The normalized spacial score (nSPS) is 23.0. The van der Waals surface area contributed by atoms with Crippen LogP contribution in [0.3, 0.4) is 0 Å². The summed E-state index contributed by atoms with van der Waals surface area (Å²) in [6.07, 6.45) is 4.05. The number of aliphatic hydroxyl groups excluding tert-OH is 1. The number of likely N-dealkylation sites (tertiary alicyclic amines) is 1. The van der Waals surface area contributed by atoms with Crippen LogP contribution < -0.4 is 10.6 Å². The van der Waals surface area contributed by atoms with Gasteiger partial charge < -0.3 is 25.7 Å². The molecule has 12 nitrogen and oxygen atoms in total. The summed E-state index contributed by atoms with van der Waals surface area (Å²) >= 11 is 0. The highest BCUT2D eigenvalue weighted by atomic mass is 16.3. The Hall–Kier alpha value is -3.02. The predicted octanol–water partition coefficient (Wildman–Crippen LogP) is -1.56. The van der Waals surface area contributed by atoms with E-state index in [-0.39, 0.29) is 36.7 Å². The summed E-state index contributed by atoms with van der Waals surface area (Å²) in [5, 5.41) is 26.8. The smallest absolute Gasteiger partial charge is 0.290 e. The van der Waals surface area contributed by atoms with Gasteiger partial charge in [-0.05, 0) is 25.7 Å². The van der Waals surface area contributed by atoms with Gasteiger partial charge in [-0.25, -0.2) is 4.98 Å². The molecule has 172 valence electrons. The van der Waals surface area contributed by atoms with Gasteiger partial charge in [0.1, 0.15) is 12.2 Å². The lowest BCUT2D eigenvalue weighted by atomic mass is 9.83. The monoisotopic (exact) mass is 438 g/mol. The molecule has 1 aromatic rings. The zero-order valence-electron chi connectivity index (χ0n) is 17.6. The van der Waals surface area contributed by atoms with E-state index >= 15 is 0 Å². The van der Waals surface area contributed by atoms with Crippen molar-refractivity contribution in [3.8, 4) is 0 Å². The number of aromatic nitrogens is 3. The summed E-state index contributed by atoms with van der Waals surface area (Å²) in [6, 6.07) is -0.478. The third-order valence-corrected chi connectivity index (χ3v) is 5.49. The molecule has 1 saturated carbocycles. The van der Waals surface area contributed by atoms with Crippen LogP contribution in [-0.4, -0.2) is 85.9 Å². The summed E-state index contributed by atoms with van der Waals surface area (Å²) in [5.41, 5.74) is 0. The van der Waals surface area contributed by atoms with E-state index < -0.39 is 12.1 Å². The first-order chi connectivity index (χ1) is 14.8. The lowest BCUT2D eigenvalue weighted by molar-refractivity contribution is -0.134. The Morgan fingerprint density at radius 2 is 2.10 bits per heavy atom. The average Bonchev–Trinajstić information content (AvgIpc) is 3.32. The number of carbonyl (C=O) groups excluding carboxylic acids is 3. The fourth-order valence-corrected chi connectivity index (χ4v) is 3.83. The van der Waals surface area contributed by atoms with Crippen LogP contribution in [0.1, 0.15) is 37.9 Å². The predicted molar refractivity (Wildman–Crippen MR) is 108 cm³/mol. The van der Waals surface area contributed by atoms with Gasteiger partial charge in [0.2, 0.25) is 17.7 Å². The second-order valence-corrected chi connectivity index (χ2v) is 7.62. The van der Waals surface area contributed by atoms with Crippen molar-refractivity contribution in [3.05, 3.63) is 12.2 Å². The zero-order valence-corrected chi connectivity index (χ0v) is 17.6. The molecule has 0 unspecified atom stereocenters. The van der Waals surface area contributed by atoms with Crippen LogP contribution in [0, 0.1) is 5.92 Å². The van der Waals surface area contributed by atoms with Gasteiger partial charge in [0, 0.05) is 38.9 Å². The van der Waals surface area contributed by atoms with Crippen molar-refractivity contribution in [1.82, 2.24) is 30.3 Å². The zero-order chi connectivity index (χ0) is 22.8. The molecule has 0 spiro atoms. The molecule has 2 aliphatic rings. The van der Waals surface area contributed by atoms with E-state index in [1.54, 1.807) is 11.7 Å². The Labute approximate surface area is 180 Å². The van der Waals surface area contributed by atoms with Crippen LogP contribution in [0.2, 0.25) is 0 Å². The van der Waals surface area contributed by atoms with Crippen molar-refractivity contribution in [2.24, 2.45) is 13.0 Å². The molecule has 3 rings (SSSR count). The number of amides is 3. The van der Waals surface area contributed by atoms with Crippen LogP contribution in [-0.2, 0) is 32.6 Å². The number of rotatable bonds is 7. The Bertz CT molecular complexity index is 769. The minimum Gasteiger partial charge on any atom is -0.483 e. The maximum absolute atomic E-state index is 12.5. The first-order valence-electron chi connectivity index (χ1n) is 10.3. The maximum Gasteiger partial charge on any atom is 0.290 e. The van der Waals surface area contributed by atoms with Crippen LogP contribution >= 0.6 is 0 Å². The quantitative estimate of drug-likeness (QED) is 0.371. The average molecular weight is 438 g/mol. The van der Waals surface area contributed by atoms with Crippen molar-refractivity contribution >= 4 is 24.2 Å². The van der Waals surface area contributed by atoms with Crippen LogP contribution in [0.5, 0.6) is 0 Å². The van der Waals surface area contributed by atoms with Crippen molar-refractivity contribution in [1.29, 1.82) is 0 Å². The fraction of sp³-hybridized carbons (Fsp3) is 0.684. The Morgan fingerprint density at radius 3 is 2.71 bits per heavy atom. The fourth-order valence-electron chi connectivity index (χ4n) is 3.83. The van der Waals surface area contributed by atoms with E-state index in [0.29, 0.717) is 45.2 Å². The molecule has 1 saturated heterocycles. The Kier molecular flexibility index (Phi) is 9.38. The molecule has 1 aromatic heterocycles. The second-order valence-electron chi connectivity index (χ2n) is 7.62. The molecule has 0 radical (unpaired) electrons.